The molecular weight excluding hydrogens is 368 g/mol. The predicted molar refractivity (Wildman–Crippen MR) is 103 cm³/mol. The number of nitrogens with one attached hydrogen (secondary N) is 1. The number of hydrogen-bond donors (Lipinski definition) is 1. The van der Waals surface area contributed by atoms with E-state index < -0.39 is 0 Å². The largest absolute Gasteiger partial charge is 0.309 e. The van der Waals surface area contributed by atoms with Crippen molar-refractivity contribution in [2.24, 2.45) is 0 Å². The Morgan fingerprint density at radius 2 is 2.04 bits per heavy atom. The molecule has 26 heavy (non-hydrogen) atoms. The van der Waals surface area contributed by atoms with E-state index in [-0.39, 0.29) is 5.56 Å². The molecule has 0 aliphatic rings. The maximum absolute atomic E-state index is 12.4. The van der Waals surface area contributed by atoms with Gasteiger partial charge in [-0.25, -0.2) is 9.67 Å². The van der Waals surface area contributed by atoms with Crippen LogP contribution in [-0.4, -0.2) is 30.2 Å². The number of hydrogen-bond acceptors (Lipinski definition) is 7. The lowest BCUT2D eigenvalue weighted by atomic mass is 10.2. The minimum Gasteiger partial charge on any atom is -0.309 e. The van der Waals surface area contributed by atoms with Crippen LogP contribution in [0.15, 0.2) is 40.3 Å². The Balaban J connectivity index is 1.54. The molecule has 0 unspecified atom stereocenters. The van der Waals surface area contributed by atoms with Crippen molar-refractivity contribution >= 4 is 33.3 Å². The van der Waals surface area contributed by atoms with Gasteiger partial charge in [0.25, 0.3) is 5.56 Å². The monoisotopic (exact) mass is 384 g/mol. The van der Waals surface area contributed by atoms with Crippen LogP contribution < -0.4 is 5.56 Å². The Morgan fingerprint density at radius 1 is 1.23 bits per heavy atom. The van der Waals surface area contributed by atoms with E-state index in [2.05, 4.69) is 25.5 Å². The highest BCUT2D eigenvalue weighted by molar-refractivity contribution is 7.98. The molecule has 0 saturated heterocycles. The first-order valence-corrected chi connectivity index (χ1v) is 9.84. The number of thioether (sulfide) groups is 1. The molecule has 0 aliphatic carbocycles. The molecule has 0 amide bonds. The molecule has 4 aromatic rings. The van der Waals surface area contributed by atoms with Gasteiger partial charge in [0.2, 0.25) is 5.16 Å². The van der Waals surface area contributed by atoms with E-state index in [1.807, 2.05) is 44.2 Å². The molecule has 0 fully saturated rings. The third kappa shape index (κ3) is 3.27. The molecule has 0 atom stereocenters. The Bertz CT molecular complexity index is 1120. The Morgan fingerprint density at radius 3 is 2.85 bits per heavy atom. The zero-order chi connectivity index (χ0) is 18.1. The van der Waals surface area contributed by atoms with Gasteiger partial charge in [0.15, 0.2) is 0 Å². The van der Waals surface area contributed by atoms with Gasteiger partial charge in [-0.2, -0.15) is 0 Å². The Hall–Kier alpha value is -2.52. The van der Waals surface area contributed by atoms with E-state index in [4.69, 9.17) is 0 Å². The van der Waals surface area contributed by atoms with Crippen LogP contribution in [0.2, 0.25) is 0 Å². The van der Waals surface area contributed by atoms with Crippen LogP contribution in [0, 0.1) is 13.8 Å². The summed E-state index contributed by atoms with van der Waals surface area (Å²) in [6.45, 7) is 4.56. The van der Waals surface area contributed by atoms with E-state index in [1.54, 1.807) is 16.0 Å². The maximum Gasteiger partial charge on any atom is 0.259 e. The molecular formula is C17H16N6OS2. The number of aromatic nitrogens is 6. The van der Waals surface area contributed by atoms with E-state index in [0.717, 1.165) is 20.8 Å². The molecule has 9 heteroatoms. The van der Waals surface area contributed by atoms with Gasteiger partial charge in [0.05, 0.1) is 17.7 Å². The topological polar surface area (TPSA) is 89.3 Å². The minimum absolute atomic E-state index is 0.0867. The van der Waals surface area contributed by atoms with Crippen LogP contribution in [-0.2, 0) is 12.3 Å². The molecule has 132 valence electrons. The number of H-pyrrole nitrogens is 1. The van der Waals surface area contributed by atoms with Gasteiger partial charge in [-0.3, -0.25) is 4.79 Å². The van der Waals surface area contributed by atoms with Gasteiger partial charge in [-0.1, -0.05) is 42.1 Å². The normalized spacial score (nSPS) is 11.3. The average molecular weight is 384 g/mol. The molecule has 0 radical (unpaired) electrons. The number of nitrogens with zero attached hydrogens (tertiary/aromatic N) is 5. The summed E-state index contributed by atoms with van der Waals surface area (Å²) in [7, 11) is 0. The molecule has 1 aromatic carbocycles. The van der Waals surface area contributed by atoms with Crippen molar-refractivity contribution in [3.63, 3.8) is 0 Å². The van der Waals surface area contributed by atoms with E-state index >= 15 is 0 Å². The fourth-order valence-electron chi connectivity index (χ4n) is 2.66. The Kier molecular flexibility index (Phi) is 4.56. The van der Waals surface area contributed by atoms with Crippen LogP contribution in [0.4, 0.5) is 0 Å². The maximum atomic E-state index is 12.4. The molecule has 0 aliphatic heterocycles. The summed E-state index contributed by atoms with van der Waals surface area (Å²) in [6, 6.07) is 10.0. The Labute approximate surface area is 157 Å². The molecule has 0 spiro atoms. The quantitative estimate of drug-likeness (QED) is 0.532. The third-order valence-electron chi connectivity index (χ3n) is 4.10. The van der Waals surface area contributed by atoms with E-state index in [9.17, 15) is 4.79 Å². The van der Waals surface area contributed by atoms with Gasteiger partial charge in [0, 0.05) is 4.88 Å². The third-order valence-corrected chi connectivity index (χ3v) is 6.17. The van der Waals surface area contributed by atoms with Crippen LogP contribution in [0.3, 0.4) is 0 Å². The summed E-state index contributed by atoms with van der Waals surface area (Å²) in [5.41, 5.74) is 2.04. The number of aromatic amines is 1. The van der Waals surface area contributed by atoms with Crippen molar-refractivity contribution in [3.8, 4) is 0 Å². The smallest absolute Gasteiger partial charge is 0.259 e. The van der Waals surface area contributed by atoms with Gasteiger partial charge in [0.1, 0.15) is 10.7 Å². The van der Waals surface area contributed by atoms with Crippen molar-refractivity contribution in [3.05, 3.63) is 62.5 Å². The van der Waals surface area contributed by atoms with Gasteiger partial charge >= 0.3 is 0 Å². The standard InChI is InChI=1S/C17H16N6OS2/c1-10-11(2)26-16-14(10)15(24)18-13(19-16)9-25-17-20-21-22-23(17)8-12-6-4-3-5-7-12/h3-7H,8-9H2,1-2H3,(H,18,19,24). The SMILES string of the molecule is Cc1sc2nc(CSc3nnnn3Cc3ccccc3)[nH]c(=O)c2c1C. The lowest BCUT2D eigenvalue weighted by Gasteiger charge is -2.04. The second-order valence-electron chi connectivity index (χ2n) is 5.87. The first kappa shape index (κ1) is 16.9. The molecule has 3 aromatic heterocycles. The van der Waals surface area contributed by atoms with Gasteiger partial charge in [-0.15, -0.1) is 16.4 Å². The molecule has 3 heterocycles. The highest BCUT2D eigenvalue weighted by Crippen LogP contribution is 2.26. The first-order valence-electron chi connectivity index (χ1n) is 8.03. The zero-order valence-corrected chi connectivity index (χ0v) is 15.9. The number of thiophene rings is 1. The summed E-state index contributed by atoms with van der Waals surface area (Å²) < 4.78 is 1.75. The van der Waals surface area contributed by atoms with E-state index in [0.29, 0.717) is 28.7 Å². The summed E-state index contributed by atoms with van der Waals surface area (Å²) in [6.07, 6.45) is 0. The summed E-state index contributed by atoms with van der Waals surface area (Å²) in [4.78, 5) is 21.7. The average Bonchev–Trinajstić information content (AvgIpc) is 3.18. The zero-order valence-electron chi connectivity index (χ0n) is 14.3. The summed E-state index contributed by atoms with van der Waals surface area (Å²) in [5, 5.41) is 13.3. The van der Waals surface area contributed by atoms with Gasteiger partial charge in [-0.05, 0) is 35.4 Å². The summed E-state index contributed by atoms with van der Waals surface area (Å²) >= 11 is 3.00. The molecule has 7 nitrogen and oxygen atoms in total. The number of rotatable bonds is 5. The molecule has 4 rings (SSSR count). The molecule has 0 bridgehead atoms. The second-order valence-corrected chi connectivity index (χ2v) is 8.02. The molecule has 0 saturated carbocycles. The highest BCUT2D eigenvalue weighted by atomic mass is 32.2. The van der Waals surface area contributed by atoms with Crippen LogP contribution >= 0.6 is 23.1 Å². The van der Waals surface area contributed by atoms with Crippen molar-refractivity contribution in [1.82, 2.24) is 30.2 Å². The summed E-state index contributed by atoms with van der Waals surface area (Å²) in [5.74, 6) is 1.12. The van der Waals surface area contributed by atoms with Crippen LogP contribution in [0.25, 0.3) is 10.2 Å². The minimum atomic E-state index is -0.0867. The first-order chi connectivity index (χ1) is 12.6. The second kappa shape index (κ2) is 7.00. The fraction of sp³-hybridized carbons (Fsp3) is 0.235. The number of benzene rings is 1. The number of tetrazole rings is 1. The van der Waals surface area contributed by atoms with Crippen LogP contribution in [0.5, 0.6) is 0 Å². The lowest BCUT2D eigenvalue weighted by Crippen LogP contribution is -2.11. The van der Waals surface area contributed by atoms with Crippen molar-refractivity contribution in [2.75, 3.05) is 0 Å². The van der Waals surface area contributed by atoms with Crippen molar-refractivity contribution in [1.29, 1.82) is 0 Å². The van der Waals surface area contributed by atoms with E-state index in [1.165, 1.54) is 11.8 Å². The van der Waals surface area contributed by atoms with Crippen LogP contribution in [0.1, 0.15) is 21.8 Å². The van der Waals surface area contributed by atoms with Crippen molar-refractivity contribution < 1.29 is 0 Å². The lowest BCUT2D eigenvalue weighted by molar-refractivity contribution is 0.602. The number of fused-ring (bicyclic) bond motifs is 1. The van der Waals surface area contributed by atoms with Gasteiger partial charge < -0.3 is 4.98 Å². The predicted octanol–water partition coefficient (Wildman–Crippen LogP) is 2.93. The fourth-order valence-corrected chi connectivity index (χ4v) is 4.45. The number of aryl methyl sites for hydroxylation is 2. The molecule has 1 N–H and O–H groups in total. The highest BCUT2D eigenvalue weighted by Gasteiger charge is 2.13. The van der Waals surface area contributed by atoms with Crippen molar-refractivity contribution in [2.45, 2.75) is 31.3 Å².